The van der Waals surface area contributed by atoms with Gasteiger partial charge in [0.2, 0.25) is 0 Å². The fourth-order valence-electron chi connectivity index (χ4n) is 4.84. The maximum atomic E-state index is 13.5. The predicted molar refractivity (Wildman–Crippen MR) is 116 cm³/mol. The van der Waals surface area contributed by atoms with Gasteiger partial charge in [-0.3, -0.25) is 14.5 Å². The number of amides is 1. The van der Waals surface area contributed by atoms with Crippen molar-refractivity contribution in [2.45, 2.75) is 31.3 Å². The summed E-state index contributed by atoms with van der Waals surface area (Å²) in [5, 5.41) is 11.7. The van der Waals surface area contributed by atoms with E-state index in [1.807, 2.05) is 60.7 Å². The normalized spacial score (nSPS) is 20.1. The van der Waals surface area contributed by atoms with Crippen LogP contribution in [0.25, 0.3) is 0 Å². The highest BCUT2D eigenvalue weighted by atomic mass is 16.3. The van der Waals surface area contributed by atoms with E-state index >= 15 is 0 Å². The molecule has 30 heavy (non-hydrogen) atoms. The lowest BCUT2D eigenvalue weighted by Gasteiger charge is -2.41. The minimum Gasteiger partial charge on any atom is -0.375 e. The second kappa shape index (κ2) is 9.11. The van der Waals surface area contributed by atoms with Gasteiger partial charge in [0, 0.05) is 37.7 Å². The fourth-order valence-corrected chi connectivity index (χ4v) is 4.84. The summed E-state index contributed by atoms with van der Waals surface area (Å²) in [5.41, 5.74) is -0.0425. The number of ketones is 1. The average molecular weight is 407 g/mol. The number of aliphatic hydroxyl groups is 1. The zero-order valence-electron chi connectivity index (χ0n) is 17.4. The van der Waals surface area contributed by atoms with Crippen LogP contribution < -0.4 is 0 Å². The Bertz CT molecular complexity index is 856. The molecule has 4 rings (SSSR count). The highest BCUT2D eigenvalue weighted by molar-refractivity contribution is 5.97. The minimum absolute atomic E-state index is 0.0370. The first-order valence-corrected chi connectivity index (χ1v) is 11.0. The van der Waals surface area contributed by atoms with Gasteiger partial charge in [0.05, 0.1) is 6.54 Å². The van der Waals surface area contributed by atoms with Crippen molar-refractivity contribution < 1.29 is 14.7 Å². The van der Waals surface area contributed by atoms with Gasteiger partial charge in [0.1, 0.15) is 0 Å². The molecule has 1 saturated heterocycles. The summed E-state index contributed by atoms with van der Waals surface area (Å²) in [6.07, 6.45) is 3.87. The highest BCUT2D eigenvalue weighted by Crippen LogP contribution is 2.42. The molecule has 0 spiro atoms. The molecule has 158 valence electrons. The van der Waals surface area contributed by atoms with E-state index in [-0.39, 0.29) is 17.6 Å². The van der Waals surface area contributed by atoms with Crippen LogP contribution in [-0.4, -0.2) is 59.3 Å². The van der Waals surface area contributed by atoms with Gasteiger partial charge in [-0.25, -0.2) is 0 Å². The standard InChI is InChI=1S/C25H30N2O3/c28-23(20-9-3-1-4-10-20)19-26-15-17-27(18-16-26)24(29)25(30,22-13-7-8-14-22)21-11-5-2-6-12-21/h1-6,9-12,22,30H,7-8,13-19H2. The molecule has 1 aliphatic heterocycles. The molecule has 2 aliphatic rings. The summed E-state index contributed by atoms with van der Waals surface area (Å²) in [6, 6.07) is 18.7. The van der Waals surface area contributed by atoms with Crippen molar-refractivity contribution >= 4 is 11.7 Å². The summed E-state index contributed by atoms with van der Waals surface area (Å²) in [7, 11) is 0. The molecule has 5 heteroatoms. The van der Waals surface area contributed by atoms with E-state index in [1.54, 1.807) is 4.90 Å². The number of benzene rings is 2. The molecular formula is C25H30N2O3. The lowest BCUT2D eigenvalue weighted by atomic mass is 9.79. The SMILES string of the molecule is O=C(CN1CCN(C(=O)C(O)(c2ccccc2)C2CCCC2)CC1)c1ccccc1. The molecule has 1 aliphatic carbocycles. The average Bonchev–Trinajstić information content (AvgIpc) is 3.35. The molecule has 1 amide bonds. The predicted octanol–water partition coefficient (Wildman–Crippen LogP) is 3.09. The Kier molecular flexibility index (Phi) is 6.30. The second-order valence-corrected chi connectivity index (χ2v) is 8.47. The maximum absolute atomic E-state index is 13.5. The molecule has 1 N–H and O–H groups in total. The van der Waals surface area contributed by atoms with Gasteiger partial charge >= 0.3 is 0 Å². The third-order valence-electron chi connectivity index (χ3n) is 6.61. The highest BCUT2D eigenvalue weighted by Gasteiger charge is 2.48. The summed E-state index contributed by atoms with van der Waals surface area (Å²) < 4.78 is 0. The topological polar surface area (TPSA) is 60.9 Å². The number of nitrogens with zero attached hydrogens (tertiary/aromatic N) is 2. The Morgan fingerprint density at radius 1 is 0.867 bits per heavy atom. The zero-order chi connectivity index (χ0) is 21.0. The first-order valence-electron chi connectivity index (χ1n) is 11.0. The lowest BCUT2D eigenvalue weighted by Crippen LogP contribution is -2.57. The molecule has 1 unspecified atom stereocenters. The van der Waals surface area contributed by atoms with Gasteiger partial charge in [-0.15, -0.1) is 0 Å². The molecular weight excluding hydrogens is 376 g/mol. The van der Waals surface area contributed by atoms with Crippen LogP contribution in [-0.2, 0) is 10.4 Å². The van der Waals surface area contributed by atoms with Crippen molar-refractivity contribution in [3.05, 3.63) is 71.8 Å². The van der Waals surface area contributed by atoms with E-state index in [0.717, 1.165) is 31.2 Å². The Labute approximate surface area is 178 Å². The Morgan fingerprint density at radius 2 is 1.43 bits per heavy atom. The molecule has 1 saturated carbocycles. The third kappa shape index (κ3) is 4.18. The number of carbonyl (C=O) groups excluding carboxylic acids is 2. The number of hydrogen-bond acceptors (Lipinski definition) is 4. The minimum atomic E-state index is -1.46. The van der Waals surface area contributed by atoms with Crippen LogP contribution in [0.3, 0.4) is 0 Å². The van der Waals surface area contributed by atoms with E-state index < -0.39 is 5.60 Å². The van der Waals surface area contributed by atoms with Crippen LogP contribution in [0.15, 0.2) is 60.7 Å². The van der Waals surface area contributed by atoms with Crippen molar-refractivity contribution in [1.29, 1.82) is 0 Å². The number of hydrogen-bond donors (Lipinski definition) is 1. The summed E-state index contributed by atoms with van der Waals surface area (Å²) in [4.78, 5) is 29.9. The first-order chi connectivity index (χ1) is 14.6. The Morgan fingerprint density at radius 3 is 2.03 bits per heavy atom. The van der Waals surface area contributed by atoms with Crippen molar-refractivity contribution in [3.63, 3.8) is 0 Å². The van der Waals surface area contributed by atoms with Crippen LogP contribution >= 0.6 is 0 Å². The molecule has 2 aromatic rings. The summed E-state index contributed by atoms with van der Waals surface area (Å²) >= 11 is 0. The van der Waals surface area contributed by atoms with Crippen LogP contribution in [0, 0.1) is 5.92 Å². The van der Waals surface area contributed by atoms with Gasteiger partial charge in [-0.2, -0.15) is 0 Å². The smallest absolute Gasteiger partial charge is 0.259 e. The maximum Gasteiger partial charge on any atom is 0.259 e. The van der Waals surface area contributed by atoms with Crippen molar-refractivity contribution in [3.8, 4) is 0 Å². The first kappa shape index (κ1) is 20.8. The van der Waals surface area contributed by atoms with Crippen LogP contribution in [0.2, 0.25) is 0 Å². The number of piperazine rings is 1. The molecule has 0 aromatic heterocycles. The van der Waals surface area contributed by atoms with Crippen molar-refractivity contribution in [1.82, 2.24) is 9.80 Å². The van der Waals surface area contributed by atoms with Crippen LogP contribution in [0.1, 0.15) is 41.6 Å². The summed E-state index contributed by atoms with van der Waals surface area (Å²) in [5.74, 6) is -0.123. The van der Waals surface area contributed by atoms with Gasteiger partial charge in [-0.05, 0) is 18.4 Å². The van der Waals surface area contributed by atoms with Gasteiger partial charge < -0.3 is 10.0 Å². The second-order valence-electron chi connectivity index (χ2n) is 8.47. The number of Topliss-reactive ketones (excluding diaryl/α,β-unsaturated/α-hetero) is 1. The zero-order valence-corrected chi connectivity index (χ0v) is 17.4. The Balaban J connectivity index is 1.42. The van der Waals surface area contributed by atoms with Crippen molar-refractivity contribution in [2.24, 2.45) is 5.92 Å². The Hall–Kier alpha value is -2.50. The lowest BCUT2D eigenvalue weighted by molar-refractivity contribution is -0.161. The quantitative estimate of drug-likeness (QED) is 0.749. The summed E-state index contributed by atoms with van der Waals surface area (Å²) in [6.45, 7) is 2.70. The molecule has 2 aromatic carbocycles. The van der Waals surface area contributed by atoms with Crippen molar-refractivity contribution in [2.75, 3.05) is 32.7 Å². The third-order valence-corrected chi connectivity index (χ3v) is 6.61. The molecule has 0 radical (unpaired) electrons. The molecule has 1 atom stereocenters. The molecule has 0 bridgehead atoms. The monoisotopic (exact) mass is 406 g/mol. The van der Waals surface area contributed by atoms with Crippen LogP contribution in [0.5, 0.6) is 0 Å². The van der Waals surface area contributed by atoms with E-state index in [2.05, 4.69) is 4.90 Å². The number of rotatable bonds is 6. The molecule has 2 fully saturated rings. The number of carbonyl (C=O) groups is 2. The molecule has 5 nitrogen and oxygen atoms in total. The van der Waals surface area contributed by atoms with E-state index in [4.69, 9.17) is 0 Å². The van der Waals surface area contributed by atoms with E-state index in [1.165, 1.54) is 0 Å². The van der Waals surface area contributed by atoms with Crippen LogP contribution in [0.4, 0.5) is 0 Å². The fraction of sp³-hybridized carbons (Fsp3) is 0.440. The largest absolute Gasteiger partial charge is 0.375 e. The van der Waals surface area contributed by atoms with Gasteiger partial charge in [-0.1, -0.05) is 73.5 Å². The van der Waals surface area contributed by atoms with E-state index in [9.17, 15) is 14.7 Å². The molecule has 1 heterocycles. The van der Waals surface area contributed by atoms with E-state index in [0.29, 0.717) is 38.3 Å². The van der Waals surface area contributed by atoms with Gasteiger partial charge in [0.15, 0.2) is 11.4 Å². The van der Waals surface area contributed by atoms with Gasteiger partial charge in [0.25, 0.3) is 5.91 Å².